The van der Waals surface area contributed by atoms with Gasteiger partial charge in [0.1, 0.15) is 22.6 Å². The average Bonchev–Trinajstić information content (AvgIpc) is 3.05. The molecular weight excluding hydrogens is 416 g/mol. The van der Waals surface area contributed by atoms with Crippen molar-refractivity contribution >= 4 is 45.6 Å². The Morgan fingerprint density at radius 3 is 2.55 bits per heavy atom. The maximum absolute atomic E-state index is 13.0. The molecule has 0 aliphatic carbocycles. The fourth-order valence-electron chi connectivity index (χ4n) is 3.51. The van der Waals surface area contributed by atoms with E-state index in [1.807, 2.05) is 24.3 Å². The zero-order valence-corrected chi connectivity index (χ0v) is 18.1. The van der Waals surface area contributed by atoms with E-state index in [0.29, 0.717) is 45.3 Å². The summed E-state index contributed by atoms with van der Waals surface area (Å²) < 4.78 is 12.4. The zero-order valence-electron chi connectivity index (χ0n) is 17.4. The van der Waals surface area contributed by atoms with Crippen LogP contribution >= 0.6 is 11.6 Å². The highest BCUT2D eigenvalue weighted by Crippen LogP contribution is 2.34. The van der Waals surface area contributed by atoms with E-state index >= 15 is 0 Å². The molecule has 4 rings (SSSR count). The van der Waals surface area contributed by atoms with E-state index in [2.05, 4.69) is 11.9 Å². The normalized spacial score (nSPS) is 11.2. The Bertz CT molecular complexity index is 1270. The van der Waals surface area contributed by atoms with Crippen LogP contribution in [0.25, 0.3) is 27.9 Å². The molecule has 160 valence electrons. The number of methoxy groups -OCH3 is 1. The number of nitrogens with zero attached hydrogens (tertiary/aromatic N) is 3. The van der Waals surface area contributed by atoms with Crippen molar-refractivity contribution in [2.75, 3.05) is 19.5 Å². The molecule has 2 heterocycles. The summed E-state index contributed by atoms with van der Waals surface area (Å²) in [6.45, 7) is 2.42. The van der Waals surface area contributed by atoms with Crippen LogP contribution in [0.3, 0.4) is 0 Å². The van der Waals surface area contributed by atoms with Crippen molar-refractivity contribution in [1.29, 1.82) is 0 Å². The smallest absolute Gasteiger partial charge is 0.344 e. The topological polar surface area (TPSA) is 92.3 Å². The first-order valence-electron chi connectivity index (χ1n) is 10.1. The molecule has 0 unspecified atom stereocenters. The molecule has 2 aromatic heterocycles. The molecule has 0 aliphatic rings. The summed E-state index contributed by atoms with van der Waals surface area (Å²) >= 11 is 6.34. The molecule has 0 spiro atoms. The van der Waals surface area contributed by atoms with Gasteiger partial charge in [0.25, 0.3) is 0 Å². The van der Waals surface area contributed by atoms with Crippen LogP contribution in [0.15, 0.2) is 42.5 Å². The Labute approximate surface area is 184 Å². The molecule has 0 amide bonds. The van der Waals surface area contributed by atoms with Gasteiger partial charge in [0.05, 0.1) is 35.5 Å². The molecule has 0 fully saturated rings. The van der Waals surface area contributed by atoms with Gasteiger partial charge in [-0.2, -0.15) is 0 Å². The molecule has 2 aromatic carbocycles. The minimum Gasteiger partial charge on any atom is -0.495 e. The quantitative estimate of drug-likeness (QED) is 0.316. The Kier molecular flexibility index (Phi) is 5.95. The minimum absolute atomic E-state index is 0.201. The number of fused-ring (bicyclic) bond motifs is 2. The summed E-state index contributed by atoms with van der Waals surface area (Å²) in [7, 11) is 1.55. The van der Waals surface area contributed by atoms with Crippen LogP contribution in [0.1, 0.15) is 36.5 Å². The van der Waals surface area contributed by atoms with Crippen molar-refractivity contribution in [3.8, 4) is 11.4 Å². The highest BCUT2D eigenvalue weighted by Gasteiger charge is 2.26. The van der Waals surface area contributed by atoms with Gasteiger partial charge in [0.2, 0.25) is 0 Å². The number of rotatable bonds is 7. The Hall–Kier alpha value is -3.32. The first-order chi connectivity index (χ1) is 15.0. The third-order valence-electron chi connectivity index (χ3n) is 5.08. The number of hydrogen-bond donors (Lipinski definition) is 1. The van der Waals surface area contributed by atoms with E-state index in [4.69, 9.17) is 31.8 Å². The summed E-state index contributed by atoms with van der Waals surface area (Å²) in [6.07, 6.45) is 2.82. The molecular formula is C23H23ClN4O3. The number of unbranched alkanes of at least 4 members (excludes halogenated alkanes) is 2. The van der Waals surface area contributed by atoms with Crippen molar-refractivity contribution in [1.82, 2.24) is 14.5 Å². The molecule has 8 heteroatoms. The Balaban J connectivity index is 1.91. The van der Waals surface area contributed by atoms with Gasteiger partial charge in [-0.05, 0) is 36.8 Å². The van der Waals surface area contributed by atoms with Crippen molar-refractivity contribution in [3.05, 3.63) is 53.1 Å². The van der Waals surface area contributed by atoms with E-state index in [-0.39, 0.29) is 11.4 Å². The molecule has 0 saturated carbocycles. The largest absolute Gasteiger partial charge is 0.495 e. The first kappa shape index (κ1) is 20.9. The predicted octanol–water partition coefficient (Wildman–Crippen LogP) is 5.16. The van der Waals surface area contributed by atoms with Crippen LogP contribution in [0.4, 0.5) is 5.82 Å². The molecule has 4 aromatic rings. The second-order valence-corrected chi connectivity index (χ2v) is 7.55. The number of esters is 1. The highest BCUT2D eigenvalue weighted by molar-refractivity contribution is 6.32. The summed E-state index contributed by atoms with van der Waals surface area (Å²) in [5, 5.41) is 0.415. The van der Waals surface area contributed by atoms with Crippen LogP contribution in [-0.4, -0.2) is 34.2 Å². The van der Waals surface area contributed by atoms with E-state index in [0.717, 1.165) is 19.3 Å². The van der Waals surface area contributed by atoms with E-state index in [9.17, 15) is 4.79 Å². The SMILES string of the molecule is CCCCCOC(=O)c1c(N)n(-c2ccc(OC)c(Cl)c2)c2nc3ccccc3nc12. The summed E-state index contributed by atoms with van der Waals surface area (Å²) in [6, 6.07) is 12.7. The van der Waals surface area contributed by atoms with Gasteiger partial charge in [0.15, 0.2) is 5.65 Å². The number of nitrogen functional groups attached to an aromatic ring is 1. The van der Waals surface area contributed by atoms with Gasteiger partial charge in [-0.15, -0.1) is 0 Å². The van der Waals surface area contributed by atoms with Crippen molar-refractivity contribution in [2.24, 2.45) is 0 Å². The molecule has 2 N–H and O–H groups in total. The van der Waals surface area contributed by atoms with Crippen LogP contribution in [-0.2, 0) is 4.74 Å². The molecule has 0 radical (unpaired) electrons. The van der Waals surface area contributed by atoms with Gasteiger partial charge in [-0.1, -0.05) is 43.5 Å². The number of hydrogen-bond acceptors (Lipinski definition) is 6. The number of aromatic nitrogens is 3. The molecule has 0 atom stereocenters. The summed E-state index contributed by atoms with van der Waals surface area (Å²) in [5.74, 6) is 0.223. The van der Waals surface area contributed by atoms with E-state index in [1.165, 1.54) is 0 Å². The fraction of sp³-hybridized carbons (Fsp3) is 0.261. The predicted molar refractivity (Wildman–Crippen MR) is 122 cm³/mol. The van der Waals surface area contributed by atoms with E-state index < -0.39 is 5.97 Å². The number of ether oxygens (including phenoxy) is 2. The number of benzene rings is 2. The van der Waals surface area contributed by atoms with Crippen molar-refractivity contribution < 1.29 is 14.3 Å². The summed E-state index contributed by atoms with van der Waals surface area (Å²) in [5.41, 5.74) is 9.52. The Morgan fingerprint density at radius 2 is 1.87 bits per heavy atom. The number of para-hydroxylation sites is 2. The second kappa shape index (κ2) is 8.81. The average molecular weight is 439 g/mol. The van der Waals surface area contributed by atoms with Gasteiger partial charge in [0, 0.05) is 0 Å². The molecule has 31 heavy (non-hydrogen) atoms. The highest BCUT2D eigenvalue weighted by atomic mass is 35.5. The second-order valence-electron chi connectivity index (χ2n) is 7.14. The van der Waals surface area contributed by atoms with Gasteiger partial charge >= 0.3 is 5.97 Å². The maximum atomic E-state index is 13.0. The van der Waals surface area contributed by atoms with Crippen LogP contribution in [0, 0.1) is 0 Å². The van der Waals surface area contributed by atoms with Gasteiger partial charge in [-0.25, -0.2) is 14.8 Å². The van der Waals surface area contributed by atoms with Gasteiger partial charge in [-0.3, -0.25) is 4.57 Å². The zero-order chi connectivity index (χ0) is 22.0. The van der Waals surface area contributed by atoms with Crippen LogP contribution in [0.2, 0.25) is 5.02 Å². The minimum atomic E-state index is -0.512. The van der Waals surface area contributed by atoms with Crippen LogP contribution in [0.5, 0.6) is 5.75 Å². The lowest BCUT2D eigenvalue weighted by Gasteiger charge is -2.10. The molecule has 7 nitrogen and oxygen atoms in total. The lowest BCUT2D eigenvalue weighted by atomic mass is 10.2. The number of halogens is 1. The third-order valence-corrected chi connectivity index (χ3v) is 5.37. The summed E-state index contributed by atoms with van der Waals surface area (Å²) in [4.78, 5) is 22.4. The molecule has 0 aliphatic heterocycles. The third kappa shape index (κ3) is 3.88. The Morgan fingerprint density at radius 1 is 1.13 bits per heavy atom. The van der Waals surface area contributed by atoms with Crippen LogP contribution < -0.4 is 10.5 Å². The standard InChI is InChI=1S/C23H23ClN4O3/c1-3-4-7-12-31-23(29)19-20-22(27-17-9-6-5-8-16(17)26-20)28(21(19)25)14-10-11-18(30-2)15(24)13-14/h5-6,8-11,13H,3-4,7,12,25H2,1-2H3. The molecule has 0 saturated heterocycles. The lowest BCUT2D eigenvalue weighted by molar-refractivity contribution is 0.0501. The monoisotopic (exact) mass is 438 g/mol. The fourth-order valence-corrected chi connectivity index (χ4v) is 3.76. The lowest BCUT2D eigenvalue weighted by Crippen LogP contribution is -2.10. The van der Waals surface area contributed by atoms with Crippen molar-refractivity contribution in [2.45, 2.75) is 26.2 Å². The number of nitrogens with two attached hydrogens (primary N) is 1. The first-order valence-corrected chi connectivity index (χ1v) is 10.5. The number of anilines is 1. The number of carbonyl (C=O) groups is 1. The van der Waals surface area contributed by atoms with E-state index in [1.54, 1.807) is 29.9 Å². The number of carbonyl (C=O) groups excluding carboxylic acids is 1. The molecule has 0 bridgehead atoms. The van der Waals surface area contributed by atoms with Crippen molar-refractivity contribution in [3.63, 3.8) is 0 Å². The van der Waals surface area contributed by atoms with Gasteiger partial charge < -0.3 is 15.2 Å². The maximum Gasteiger partial charge on any atom is 0.344 e.